The van der Waals surface area contributed by atoms with Crippen molar-refractivity contribution < 1.29 is 18.4 Å². The molecule has 8 nitrogen and oxygen atoms in total. The summed E-state index contributed by atoms with van der Waals surface area (Å²) in [6, 6.07) is 8.22. The number of rotatable bonds is 6. The minimum absolute atomic E-state index is 0.0269. The van der Waals surface area contributed by atoms with Gasteiger partial charge in [-0.3, -0.25) is 14.0 Å². The van der Waals surface area contributed by atoms with Crippen LogP contribution in [0.4, 0.5) is 14.5 Å². The first-order valence-corrected chi connectivity index (χ1v) is 9.51. The zero-order chi connectivity index (χ0) is 21.3. The van der Waals surface area contributed by atoms with Gasteiger partial charge in [0.2, 0.25) is 11.8 Å². The molecule has 0 aliphatic carbocycles. The van der Waals surface area contributed by atoms with Gasteiger partial charge >= 0.3 is 5.69 Å². The van der Waals surface area contributed by atoms with Crippen LogP contribution in [0, 0.1) is 17.6 Å². The van der Waals surface area contributed by atoms with Crippen LogP contribution in [0.2, 0.25) is 0 Å². The van der Waals surface area contributed by atoms with E-state index in [2.05, 4.69) is 10.4 Å². The predicted molar refractivity (Wildman–Crippen MR) is 104 cm³/mol. The zero-order valence-corrected chi connectivity index (χ0v) is 15.9. The number of halogens is 2. The van der Waals surface area contributed by atoms with Gasteiger partial charge in [0.1, 0.15) is 11.6 Å². The molecular formula is C20H19F2N5O3. The highest BCUT2D eigenvalue weighted by Crippen LogP contribution is 2.27. The van der Waals surface area contributed by atoms with Crippen LogP contribution in [0.1, 0.15) is 12.8 Å². The average Bonchev–Trinajstić information content (AvgIpc) is 3.26. The second kappa shape index (κ2) is 8.05. The zero-order valence-electron chi connectivity index (χ0n) is 15.9. The van der Waals surface area contributed by atoms with Crippen molar-refractivity contribution >= 4 is 23.1 Å². The molecule has 1 aliphatic rings. The fraction of sp³-hybridized carbons (Fsp3) is 0.300. The van der Waals surface area contributed by atoms with Gasteiger partial charge in [-0.15, -0.1) is 5.10 Å². The number of hydrogen-bond donors (Lipinski definition) is 1. The van der Waals surface area contributed by atoms with Gasteiger partial charge in [0.05, 0.1) is 11.6 Å². The molecule has 1 aliphatic heterocycles. The highest BCUT2D eigenvalue weighted by atomic mass is 19.1. The fourth-order valence-electron chi connectivity index (χ4n) is 3.51. The lowest BCUT2D eigenvalue weighted by molar-refractivity contribution is -0.126. The summed E-state index contributed by atoms with van der Waals surface area (Å²) in [6.07, 6.45) is 2.07. The van der Waals surface area contributed by atoms with E-state index in [-0.39, 0.29) is 30.2 Å². The molecular weight excluding hydrogens is 396 g/mol. The lowest BCUT2D eigenvalue weighted by Gasteiger charge is -2.17. The first-order valence-electron chi connectivity index (χ1n) is 9.51. The third-order valence-corrected chi connectivity index (χ3v) is 5.03. The van der Waals surface area contributed by atoms with Crippen LogP contribution < -0.4 is 15.9 Å². The Bertz CT molecular complexity index is 1170. The highest BCUT2D eigenvalue weighted by molar-refractivity contribution is 6.00. The molecule has 0 bridgehead atoms. The van der Waals surface area contributed by atoms with Crippen LogP contribution in [0.15, 0.2) is 47.4 Å². The van der Waals surface area contributed by atoms with E-state index in [0.717, 1.165) is 11.0 Å². The first kappa shape index (κ1) is 19.7. The van der Waals surface area contributed by atoms with E-state index in [1.165, 1.54) is 15.1 Å². The molecule has 2 aromatic heterocycles. The van der Waals surface area contributed by atoms with Crippen molar-refractivity contribution in [2.45, 2.75) is 19.4 Å². The number of nitrogens with one attached hydrogen (secondary N) is 1. The molecule has 1 unspecified atom stereocenters. The molecule has 3 aromatic rings. The number of carbonyl (C=O) groups excluding carboxylic acids is 2. The second-order valence-electron chi connectivity index (χ2n) is 7.08. The molecule has 1 fully saturated rings. The Morgan fingerprint density at radius 2 is 2.03 bits per heavy atom. The summed E-state index contributed by atoms with van der Waals surface area (Å²) in [5.41, 5.74) is 0.252. The molecule has 1 aromatic carbocycles. The van der Waals surface area contributed by atoms with Gasteiger partial charge in [-0.2, -0.15) is 0 Å². The highest BCUT2D eigenvalue weighted by Gasteiger charge is 2.36. The first-order chi connectivity index (χ1) is 14.4. The number of nitrogens with zero attached hydrogens (tertiary/aromatic N) is 4. The lowest BCUT2D eigenvalue weighted by atomic mass is 10.1. The molecule has 2 amide bonds. The largest absolute Gasteiger partial charge is 0.356 e. The molecule has 0 radical (unpaired) electrons. The summed E-state index contributed by atoms with van der Waals surface area (Å²) in [5.74, 6) is -2.92. The van der Waals surface area contributed by atoms with E-state index >= 15 is 0 Å². The van der Waals surface area contributed by atoms with Crippen molar-refractivity contribution in [1.29, 1.82) is 0 Å². The van der Waals surface area contributed by atoms with Gasteiger partial charge in [0, 0.05) is 38.3 Å². The minimum atomic E-state index is -0.845. The molecule has 30 heavy (non-hydrogen) atoms. The molecule has 10 heteroatoms. The molecule has 156 valence electrons. The number of fused-ring (bicyclic) bond motifs is 1. The van der Waals surface area contributed by atoms with E-state index in [1.54, 1.807) is 24.4 Å². The number of hydrogen-bond acceptors (Lipinski definition) is 4. The summed E-state index contributed by atoms with van der Waals surface area (Å²) in [7, 11) is 0. The average molecular weight is 415 g/mol. The van der Waals surface area contributed by atoms with Gasteiger partial charge in [0.25, 0.3) is 0 Å². The number of benzene rings is 1. The van der Waals surface area contributed by atoms with E-state index in [1.807, 2.05) is 0 Å². The predicted octanol–water partition coefficient (Wildman–Crippen LogP) is 1.33. The molecule has 4 rings (SSSR count). The smallest absolute Gasteiger partial charge is 0.350 e. The summed E-state index contributed by atoms with van der Waals surface area (Å²) >= 11 is 0. The Balaban J connectivity index is 1.30. The molecule has 0 spiro atoms. The van der Waals surface area contributed by atoms with E-state index in [9.17, 15) is 23.2 Å². The third kappa shape index (κ3) is 3.80. The Labute approximate surface area is 169 Å². The van der Waals surface area contributed by atoms with Crippen molar-refractivity contribution in [3.63, 3.8) is 0 Å². The van der Waals surface area contributed by atoms with Crippen LogP contribution in [-0.2, 0) is 16.1 Å². The number of aryl methyl sites for hydroxylation is 1. The van der Waals surface area contributed by atoms with Crippen molar-refractivity contribution in [2.24, 2.45) is 5.92 Å². The van der Waals surface area contributed by atoms with E-state index in [0.29, 0.717) is 31.2 Å². The maximum atomic E-state index is 14.0. The fourth-order valence-corrected chi connectivity index (χ4v) is 3.51. The third-order valence-electron chi connectivity index (χ3n) is 5.03. The lowest BCUT2D eigenvalue weighted by Crippen LogP contribution is -2.34. The van der Waals surface area contributed by atoms with Gasteiger partial charge in [0.15, 0.2) is 5.65 Å². The van der Waals surface area contributed by atoms with Crippen molar-refractivity contribution in [3.8, 4) is 0 Å². The Hall–Kier alpha value is -3.56. The Morgan fingerprint density at radius 1 is 1.20 bits per heavy atom. The molecule has 1 atom stereocenters. The maximum Gasteiger partial charge on any atom is 0.350 e. The van der Waals surface area contributed by atoms with Crippen LogP contribution in [0.5, 0.6) is 0 Å². The molecule has 0 saturated carbocycles. The number of aromatic nitrogens is 3. The maximum absolute atomic E-state index is 14.0. The van der Waals surface area contributed by atoms with Crippen molar-refractivity contribution in [3.05, 3.63) is 64.7 Å². The van der Waals surface area contributed by atoms with Crippen LogP contribution in [0.3, 0.4) is 0 Å². The number of pyridine rings is 1. The summed E-state index contributed by atoms with van der Waals surface area (Å²) in [4.78, 5) is 38.0. The number of amides is 2. The van der Waals surface area contributed by atoms with Gasteiger partial charge in [-0.25, -0.2) is 18.3 Å². The summed E-state index contributed by atoms with van der Waals surface area (Å²) in [6.45, 7) is 0.658. The monoisotopic (exact) mass is 415 g/mol. The van der Waals surface area contributed by atoms with Crippen LogP contribution in [0.25, 0.3) is 5.65 Å². The minimum Gasteiger partial charge on any atom is -0.356 e. The topological polar surface area (TPSA) is 88.7 Å². The van der Waals surface area contributed by atoms with Crippen LogP contribution in [-0.4, -0.2) is 39.1 Å². The van der Waals surface area contributed by atoms with E-state index < -0.39 is 23.5 Å². The van der Waals surface area contributed by atoms with E-state index in [4.69, 9.17) is 0 Å². The normalized spacial score (nSPS) is 16.4. The van der Waals surface area contributed by atoms with Crippen molar-refractivity contribution in [2.75, 3.05) is 18.0 Å². The quantitative estimate of drug-likeness (QED) is 0.616. The summed E-state index contributed by atoms with van der Waals surface area (Å²) < 4.78 is 29.8. The standard InChI is InChI=1S/C20H19F2N5O3/c21-14-5-6-16(15(22)11-14)26-12-13(10-18(26)28)19(29)23-7-3-9-27-20(30)25-8-2-1-4-17(25)24-27/h1-2,4-6,8,11,13H,3,7,9-10,12H2,(H,23,29). The Kier molecular flexibility index (Phi) is 5.30. The van der Waals surface area contributed by atoms with Gasteiger partial charge < -0.3 is 10.2 Å². The second-order valence-corrected chi connectivity index (χ2v) is 7.08. The van der Waals surface area contributed by atoms with Crippen molar-refractivity contribution in [1.82, 2.24) is 19.5 Å². The van der Waals surface area contributed by atoms with Crippen LogP contribution >= 0.6 is 0 Å². The molecule has 3 heterocycles. The SMILES string of the molecule is O=C(NCCCn1nc2ccccn2c1=O)C1CC(=O)N(c2ccc(F)cc2F)C1. The number of anilines is 1. The Morgan fingerprint density at radius 3 is 2.80 bits per heavy atom. The molecule has 1 N–H and O–H groups in total. The van der Waals surface area contributed by atoms with Gasteiger partial charge in [-0.05, 0) is 30.7 Å². The molecule has 1 saturated heterocycles. The summed E-state index contributed by atoms with van der Waals surface area (Å²) in [5, 5.41) is 6.96. The van der Waals surface area contributed by atoms with Gasteiger partial charge in [-0.1, -0.05) is 6.07 Å². The number of carbonyl (C=O) groups is 2.